The molecule has 1 aliphatic heterocycles. The molecular formula is C29H37N3O7. The first-order valence-electron chi connectivity index (χ1n) is 13.0. The Bertz CT molecular complexity index is 1120. The first-order chi connectivity index (χ1) is 18.5. The van der Waals surface area contributed by atoms with Crippen molar-refractivity contribution in [3.63, 3.8) is 0 Å². The van der Waals surface area contributed by atoms with Crippen molar-refractivity contribution in [2.45, 2.75) is 77.0 Å². The number of ether oxygens (including phenoxy) is 3. The van der Waals surface area contributed by atoms with Gasteiger partial charge in [-0.15, -0.1) is 0 Å². The SMILES string of the molecule is CC(C)(C)OC(=O)N(C(=O)[C@H]1NCCC1OCc1ccccc1)[C@H](CCC(=O)OCc1ccccc1)C(N)=O. The average molecular weight is 540 g/mol. The lowest BCUT2D eigenvalue weighted by molar-refractivity contribution is -0.148. The van der Waals surface area contributed by atoms with E-state index in [1.165, 1.54) is 0 Å². The van der Waals surface area contributed by atoms with Gasteiger partial charge >= 0.3 is 12.1 Å². The monoisotopic (exact) mass is 539 g/mol. The minimum absolute atomic E-state index is 0.0576. The van der Waals surface area contributed by atoms with Gasteiger partial charge in [-0.2, -0.15) is 0 Å². The molecule has 3 N–H and O–H groups in total. The molecule has 210 valence electrons. The molecule has 39 heavy (non-hydrogen) atoms. The van der Waals surface area contributed by atoms with Gasteiger partial charge in [-0.05, 0) is 51.3 Å². The second kappa shape index (κ2) is 13.9. The molecule has 1 fully saturated rings. The zero-order valence-electron chi connectivity index (χ0n) is 22.6. The zero-order valence-corrected chi connectivity index (χ0v) is 22.6. The minimum atomic E-state index is -1.42. The highest BCUT2D eigenvalue weighted by molar-refractivity contribution is 6.00. The number of carbonyl (C=O) groups excluding carboxylic acids is 4. The number of hydrogen-bond acceptors (Lipinski definition) is 8. The summed E-state index contributed by atoms with van der Waals surface area (Å²) in [6.45, 7) is 5.75. The molecule has 1 saturated heterocycles. The third kappa shape index (κ3) is 9.19. The fourth-order valence-corrected chi connectivity index (χ4v) is 4.18. The van der Waals surface area contributed by atoms with Gasteiger partial charge in [0.05, 0.1) is 12.7 Å². The fourth-order valence-electron chi connectivity index (χ4n) is 4.18. The van der Waals surface area contributed by atoms with Crippen molar-refractivity contribution >= 4 is 23.9 Å². The summed E-state index contributed by atoms with van der Waals surface area (Å²) in [5.41, 5.74) is 6.44. The van der Waals surface area contributed by atoms with Crippen molar-refractivity contribution in [3.05, 3.63) is 71.8 Å². The molecule has 2 aromatic rings. The lowest BCUT2D eigenvalue weighted by atomic mass is 10.1. The zero-order chi connectivity index (χ0) is 28.4. The van der Waals surface area contributed by atoms with Gasteiger partial charge in [-0.25, -0.2) is 9.69 Å². The van der Waals surface area contributed by atoms with Gasteiger partial charge in [0, 0.05) is 6.42 Å². The van der Waals surface area contributed by atoms with Crippen LogP contribution in [0.3, 0.4) is 0 Å². The Morgan fingerprint density at radius 3 is 2.13 bits per heavy atom. The number of nitrogens with two attached hydrogens (primary N) is 1. The van der Waals surface area contributed by atoms with E-state index in [2.05, 4.69) is 5.32 Å². The quantitative estimate of drug-likeness (QED) is 0.416. The van der Waals surface area contributed by atoms with Crippen molar-refractivity contribution in [1.29, 1.82) is 0 Å². The summed E-state index contributed by atoms with van der Waals surface area (Å²) in [4.78, 5) is 52.7. The van der Waals surface area contributed by atoms with Crippen LogP contribution in [0.2, 0.25) is 0 Å². The number of benzene rings is 2. The highest BCUT2D eigenvalue weighted by Gasteiger charge is 2.44. The van der Waals surface area contributed by atoms with Crippen LogP contribution in [-0.4, -0.2) is 59.1 Å². The van der Waals surface area contributed by atoms with Crippen LogP contribution in [-0.2, 0) is 41.8 Å². The summed E-state index contributed by atoms with van der Waals surface area (Å²) in [6.07, 6.45) is -1.50. The van der Waals surface area contributed by atoms with Crippen LogP contribution < -0.4 is 11.1 Å². The number of nitrogens with zero attached hydrogens (tertiary/aromatic N) is 1. The van der Waals surface area contributed by atoms with Crippen LogP contribution in [0.1, 0.15) is 51.2 Å². The molecule has 1 heterocycles. The molecule has 3 amide bonds. The van der Waals surface area contributed by atoms with Gasteiger partial charge in [0.25, 0.3) is 5.91 Å². The maximum absolute atomic E-state index is 13.8. The lowest BCUT2D eigenvalue weighted by Gasteiger charge is -2.33. The van der Waals surface area contributed by atoms with Crippen LogP contribution in [0.5, 0.6) is 0 Å². The fraction of sp³-hybridized carbons (Fsp3) is 0.448. The number of rotatable bonds is 11. The molecule has 0 aliphatic carbocycles. The molecule has 0 radical (unpaired) electrons. The summed E-state index contributed by atoms with van der Waals surface area (Å²) in [6, 6.07) is 16.3. The minimum Gasteiger partial charge on any atom is -0.461 e. The second-order valence-electron chi connectivity index (χ2n) is 10.3. The molecule has 10 nitrogen and oxygen atoms in total. The van der Waals surface area contributed by atoms with E-state index >= 15 is 0 Å². The number of amides is 3. The second-order valence-corrected chi connectivity index (χ2v) is 10.3. The summed E-state index contributed by atoms with van der Waals surface area (Å²) >= 11 is 0. The van der Waals surface area contributed by atoms with E-state index in [1.807, 2.05) is 60.7 Å². The van der Waals surface area contributed by atoms with Crippen LogP contribution in [0.25, 0.3) is 0 Å². The van der Waals surface area contributed by atoms with Gasteiger partial charge in [0.1, 0.15) is 24.3 Å². The maximum atomic E-state index is 13.8. The summed E-state index contributed by atoms with van der Waals surface area (Å²) in [5, 5.41) is 3.07. The van der Waals surface area contributed by atoms with E-state index in [1.54, 1.807) is 20.8 Å². The molecule has 1 unspecified atom stereocenters. The standard InChI is InChI=1S/C29H37N3O7/c1-29(2,3)39-28(36)32(22(26(30)34)14-15-24(33)38-19-21-12-8-5-9-13-21)27(35)25-23(16-17-31-25)37-18-20-10-6-4-7-11-20/h4-13,22-23,25,31H,14-19H2,1-3H3,(H2,30,34)/t22-,23?,25+/m1/s1. The number of carbonyl (C=O) groups is 4. The van der Waals surface area contributed by atoms with E-state index in [-0.39, 0.29) is 26.1 Å². The Kier molecular flexibility index (Phi) is 10.6. The Labute approximate surface area is 228 Å². The summed E-state index contributed by atoms with van der Waals surface area (Å²) in [7, 11) is 0. The number of primary amides is 1. The Balaban J connectivity index is 1.73. The normalized spacial score (nSPS) is 17.7. The highest BCUT2D eigenvalue weighted by Crippen LogP contribution is 2.22. The number of imide groups is 1. The molecule has 10 heteroatoms. The Morgan fingerprint density at radius 2 is 1.56 bits per heavy atom. The molecular weight excluding hydrogens is 502 g/mol. The highest BCUT2D eigenvalue weighted by atomic mass is 16.6. The van der Waals surface area contributed by atoms with Crippen molar-refractivity contribution in [2.75, 3.05) is 6.54 Å². The van der Waals surface area contributed by atoms with Gasteiger partial charge in [-0.3, -0.25) is 14.4 Å². The average Bonchev–Trinajstić information content (AvgIpc) is 3.37. The molecule has 1 aliphatic rings. The van der Waals surface area contributed by atoms with E-state index in [0.717, 1.165) is 16.0 Å². The largest absolute Gasteiger partial charge is 0.461 e. The van der Waals surface area contributed by atoms with Gasteiger partial charge in [-0.1, -0.05) is 60.7 Å². The first-order valence-corrected chi connectivity index (χ1v) is 13.0. The van der Waals surface area contributed by atoms with E-state index in [0.29, 0.717) is 13.0 Å². The molecule has 3 atom stereocenters. The Morgan fingerprint density at radius 1 is 0.974 bits per heavy atom. The first kappa shape index (κ1) is 29.8. The van der Waals surface area contributed by atoms with Crippen LogP contribution in [0.4, 0.5) is 4.79 Å². The molecule has 3 rings (SSSR count). The molecule has 0 bridgehead atoms. The van der Waals surface area contributed by atoms with Crippen LogP contribution in [0, 0.1) is 0 Å². The van der Waals surface area contributed by atoms with Crippen molar-refractivity contribution in [3.8, 4) is 0 Å². The third-order valence-electron chi connectivity index (χ3n) is 6.07. The number of hydrogen-bond donors (Lipinski definition) is 2. The smallest absolute Gasteiger partial charge is 0.417 e. The van der Waals surface area contributed by atoms with Gasteiger partial charge < -0.3 is 25.3 Å². The summed E-state index contributed by atoms with van der Waals surface area (Å²) < 4.78 is 16.8. The van der Waals surface area contributed by atoms with E-state index < -0.39 is 47.7 Å². The van der Waals surface area contributed by atoms with Gasteiger partial charge in [0.15, 0.2) is 0 Å². The number of esters is 1. The van der Waals surface area contributed by atoms with Gasteiger partial charge in [0.2, 0.25) is 5.91 Å². The lowest BCUT2D eigenvalue weighted by Crippen LogP contribution is -2.58. The molecule has 0 aromatic heterocycles. The molecule has 0 spiro atoms. The van der Waals surface area contributed by atoms with Crippen LogP contribution >= 0.6 is 0 Å². The molecule has 2 aromatic carbocycles. The Hall–Kier alpha value is -3.76. The number of nitrogens with one attached hydrogen (secondary N) is 1. The molecule has 0 saturated carbocycles. The predicted octanol–water partition coefficient (Wildman–Crippen LogP) is 3.07. The third-order valence-corrected chi connectivity index (χ3v) is 6.07. The van der Waals surface area contributed by atoms with Crippen molar-refractivity contribution in [2.24, 2.45) is 5.73 Å². The topological polar surface area (TPSA) is 137 Å². The van der Waals surface area contributed by atoms with Crippen LogP contribution in [0.15, 0.2) is 60.7 Å². The van der Waals surface area contributed by atoms with E-state index in [9.17, 15) is 19.2 Å². The van der Waals surface area contributed by atoms with Crippen molar-refractivity contribution in [1.82, 2.24) is 10.2 Å². The summed E-state index contributed by atoms with van der Waals surface area (Å²) in [5.74, 6) is -2.24. The predicted molar refractivity (Wildman–Crippen MR) is 143 cm³/mol. The maximum Gasteiger partial charge on any atom is 0.417 e. The van der Waals surface area contributed by atoms with Crippen molar-refractivity contribution < 1.29 is 33.4 Å². The van der Waals surface area contributed by atoms with E-state index in [4.69, 9.17) is 19.9 Å².